The van der Waals surface area contributed by atoms with Crippen LogP contribution in [0.3, 0.4) is 0 Å². The second kappa shape index (κ2) is 5.23. The van der Waals surface area contributed by atoms with Crippen molar-refractivity contribution in [2.75, 3.05) is 0 Å². The highest BCUT2D eigenvalue weighted by atomic mass is 19.4. The molecule has 0 bridgehead atoms. The van der Waals surface area contributed by atoms with Gasteiger partial charge in [-0.1, -0.05) is 0 Å². The highest BCUT2D eigenvalue weighted by Crippen LogP contribution is 2.29. The fraction of sp³-hybridized carbons (Fsp3) is 0.167. The summed E-state index contributed by atoms with van der Waals surface area (Å²) in [5.74, 6) is -0.735. The molecule has 0 saturated carbocycles. The van der Waals surface area contributed by atoms with Gasteiger partial charge in [0.15, 0.2) is 5.82 Å². The lowest BCUT2D eigenvalue weighted by atomic mass is 10.2. The van der Waals surface area contributed by atoms with Gasteiger partial charge in [0, 0.05) is 11.8 Å². The molecule has 0 aliphatic carbocycles. The lowest BCUT2D eigenvalue weighted by Crippen LogP contribution is -2.17. The van der Waals surface area contributed by atoms with Gasteiger partial charge >= 0.3 is 12.5 Å². The van der Waals surface area contributed by atoms with E-state index in [0.717, 1.165) is 30.5 Å². The summed E-state index contributed by atoms with van der Waals surface area (Å²) in [6, 6.07) is 4.90. The fourth-order valence-corrected chi connectivity index (χ4v) is 1.46. The lowest BCUT2D eigenvalue weighted by Gasteiger charge is -2.09. The Balaban J connectivity index is 2.27. The summed E-state index contributed by atoms with van der Waals surface area (Å²) in [5.41, 5.74) is -1.00. The zero-order valence-electron chi connectivity index (χ0n) is 10.0. The van der Waals surface area contributed by atoms with E-state index in [1.807, 2.05) is 0 Å². The molecule has 2 aromatic rings. The second-order valence-corrected chi connectivity index (χ2v) is 3.84. The molecular weight excluding hydrogens is 302 g/mol. The molecular formula is C12H6F6N2O. The van der Waals surface area contributed by atoms with E-state index in [1.54, 1.807) is 0 Å². The van der Waals surface area contributed by atoms with E-state index in [9.17, 15) is 26.3 Å². The van der Waals surface area contributed by atoms with Crippen LogP contribution < -0.4 is 4.74 Å². The topological polar surface area (TPSA) is 35.0 Å². The third kappa shape index (κ3) is 4.07. The molecule has 1 heterocycles. The van der Waals surface area contributed by atoms with Crippen molar-refractivity contribution in [1.29, 1.82) is 0 Å². The predicted molar refractivity (Wildman–Crippen MR) is 59.2 cm³/mol. The molecule has 0 radical (unpaired) electrons. The number of rotatable bonds is 2. The van der Waals surface area contributed by atoms with Gasteiger partial charge in [0.25, 0.3) is 0 Å². The van der Waals surface area contributed by atoms with E-state index in [0.29, 0.717) is 6.07 Å². The molecule has 0 unspecified atom stereocenters. The Morgan fingerprint density at radius 1 is 0.857 bits per heavy atom. The minimum Gasteiger partial charge on any atom is -0.406 e. The Kier molecular flexibility index (Phi) is 3.75. The Hall–Kier alpha value is -2.32. The second-order valence-electron chi connectivity index (χ2n) is 3.84. The van der Waals surface area contributed by atoms with Crippen molar-refractivity contribution in [2.24, 2.45) is 0 Å². The third-order valence-corrected chi connectivity index (χ3v) is 2.29. The Labute approximate surface area is 114 Å². The standard InChI is InChI=1S/C12H6F6N2O/c13-11(14,15)9-5-6-19-10(20-9)7-1-3-8(4-2-7)21-12(16,17)18/h1-6H. The normalized spacial score (nSPS) is 12.3. The smallest absolute Gasteiger partial charge is 0.406 e. The fourth-order valence-electron chi connectivity index (χ4n) is 1.46. The summed E-state index contributed by atoms with van der Waals surface area (Å²) >= 11 is 0. The highest BCUT2D eigenvalue weighted by molar-refractivity contribution is 5.56. The van der Waals surface area contributed by atoms with Crippen molar-refractivity contribution in [3.05, 3.63) is 42.2 Å². The summed E-state index contributed by atoms with van der Waals surface area (Å²) in [7, 11) is 0. The SMILES string of the molecule is FC(F)(F)Oc1ccc(-c2nccc(C(F)(F)F)n2)cc1. The quantitative estimate of drug-likeness (QED) is 0.785. The van der Waals surface area contributed by atoms with Crippen LogP contribution in [0.2, 0.25) is 0 Å². The summed E-state index contributed by atoms with van der Waals surface area (Å²) in [6.07, 6.45) is -8.55. The van der Waals surface area contributed by atoms with Crippen molar-refractivity contribution in [3.8, 4) is 17.1 Å². The maximum absolute atomic E-state index is 12.5. The van der Waals surface area contributed by atoms with E-state index in [4.69, 9.17) is 0 Å². The number of benzene rings is 1. The highest BCUT2D eigenvalue weighted by Gasteiger charge is 2.33. The van der Waals surface area contributed by atoms with E-state index >= 15 is 0 Å². The molecule has 0 saturated heterocycles. The minimum absolute atomic E-state index is 0.135. The van der Waals surface area contributed by atoms with Crippen LogP contribution in [0.1, 0.15) is 5.69 Å². The zero-order valence-corrected chi connectivity index (χ0v) is 10.0. The van der Waals surface area contributed by atoms with E-state index in [-0.39, 0.29) is 11.4 Å². The summed E-state index contributed by atoms with van der Waals surface area (Å²) in [6.45, 7) is 0. The molecule has 9 heteroatoms. The Morgan fingerprint density at radius 2 is 1.48 bits per heavy atom. The first-order valence-electron chi connectivity index (χ1n) is 5.41. The molecule has 2 rings (SSSR count). The van der Waals surface area contributed by atoms with Crippen molar-refractivity contribution in [3.63, 3.8) is 0 Å². The maximum atomic E-state index is 12.5. The molecule has 21 heavy (non-hydrogen) atoms. The lowest BCUT2D eigenvalue weighted by molar-refractivity contribution is -0.274. The van der Waals surface area contributed by atoms with E-state index in [1.165, 1.54) is 0 Å². The monoisotopic (exact) mass is 308 g/mol. The summed E-state index contributed by atoms with van der Waals surface area (Å²) < 4.78 is 77.1. The van der Waals surface area contributed by atoms with Crippen molar-refractivity contribution in [2.45, 2.75) is 12.5 Å². The van der Waals surface area contributed by atoms with Crippen LogP contribution in [0.5, 0.6) is 5.75 Å². The minimum atomic E-state index is -4.84. The van der Waals surface area contributed by atoms with Gasteiger partial charge < -0.3 is 4.74 Å². The van der Waals surface area contributed by atoms with Crippen LogP contribution in [-0.2, 0) is 6.18 Å². The molecule has 0 aliphatic heterocycles. The number of alkyl halides is 6. The number of hydrogen-bond donors (Lipinski definition) is 0. The number of ether oxygens (including phenoxy) is 1. The molecule has 1 aromatic heterocycles. The molecule has 1 aromatic carbocycles. The first kappa shape index (κ1) is 15.1. The van der Waals surface area contributed by atoms with Gasteiger partial charge in [-0.2, -0.15) is 13.2 Å². The maximum Gasteiger partial charge on any atom is 0.573 e. The van der Waals surface area contributed by atoms with Gasteiger partial charge in [-0.25, -0.2) is 9.97 Å². The van der Waals surface area contributed by atoms with Crippen LogP contribution in [-0.4, -0.2) is 16.3 Å². The van der Waals surface area contributed by atoms with Gasteiger partial charge in [0.05, 0.1) is 0 Å². The number of hydrogen-bond acceptors (Lipinski definition) is 3. The van der Waals surface area contributed by atoms with Crippen molar-refractivity contribution < 1.29 is 31.1 Å². The number of nitrogens with zero attached hydrogens (tertiary/aromatic N) is 2. The van der Waals surface area contributed by atoms with Crippen LogP contribution in [0.15, 0.2) is 36.5 Å². The third-order valence-electron chi connectivity index (χ3n) is 2.29. The summed E-state index contributed by atoms with van der Waals surface area (Å²) in [4.78, 5) is 6.97. The van der Waals surface area contributed by atoms with Gasteiger partial charge in [0.1, 0.15) is 11.4 Å². The van der Waals surface area contributed by atoms with Crippen LogP contribution in [0.4, 0.5) is 26.3 Å². The molecule has 0 N–H and O–H groups in total. The Bertz CT molecular complexity index is 621. The first-order chi connectivity index (χ1) is 9.65. The van der Waals surface area contributed by atoms with Gasteiger partial charge in [0.2, 0.25) is 0 Å². The first-order valence-corrected chi connectivity index (χ1v) is 5.41. The molecule has 0 atom stereocenters. The van der Waals surface area contributed by atoms with E-state index in [2.05, 4.69) is 14.7 Å². The van der Waals surface area contributed by atoms with Crippen molar-refractivity contribution >= 4 is 0 Å². The molecule has 0 spiro atoms. The average molecular weight is 308 g/mol. The molecule has 112 valence electrons. The van der Waals surface area contributed by atoms with Gasteiger partial charge in [-0.15, -0.1) is 13.2 Å². The van der Waals surface area contributed by atoms with Crippen LogP contribution in [0.25, 0.3) is 11.4 Å². The molecule has 3 nitrogen and oxygen atoms in total. The van der Waals surface area contributed by atoms with Gasteiger partial charge in [-0.05, 0) is 30.3 Å². The molecule has 0 amide bonds. The average Bonchev–Trinajstić information content (AvgIpc) is 2.37. The largest absolute Gasteiger partial charge is 0.573 e. The van der Waals surface area contributed by atoms with Gasteiger partial charge in [-0.3, -0.25) is 0 Å². The molecule has 0 aliphatic rings. The summed E-state index contributed by atoms with van der Waals surface area (Å²) in [5, 5.41) is 0. The predicted octanol–water partition coefficient (Wildman–Crippen LogP) is 4.06. The Morgan fingerprint density at radius 3 is 2.00 bits per heavy atom. The number of aromatic nitrogens is 2. The van der Waals surface area contributed by atoms with Crippen LogP contribution >= 0.6 is 0 Å². The van der Waals surface area contributed by atoms with Crippen LogP contribution in [0, 0.1) is 0 Å². The van der Waals surface area contributed by atoms with Crippen molar-refractivity contribution in [1.82, 2.24) is 9.97 Å². The molecule has 0 fully saturated rings. The van der Waals surface area contributed by atoms with E-state index < -0.39 is 24.0 Å². The zero-order chi connectivity index (χ0) is 15.7. The number of halogens is 6.